The van der Waals surface area contributed by atoms with E-state index in [1.807, 2.05) is 37.3 Å². The van der Waals surface area contributed by atoms with Gasteiger partial charge in [0.15, 0.2) is 0 Å². The van der Waals surface area contributed by atoms with Gasteiger partial charge in [0.2, 0.25) is 0 Å². The van der Waals surface area contributed by atoms with Crippen molar-refractivity contribution >= 4 is 6.09 Å². The summed E-state index contributed by atoms with van der Waals surface area (Å²) in [6, 6.07) is 12.6. The van der Waals surface area contributed by atoms with Gasteiger partial charge in [0, 0.05) is 13.0 Å². The molecule has 0 saturated carbocycles. The van der Waals surface area contributed by atoms with E-state index in [-0.39, 0.29) is 18.9 Å². The number of amides is 1. The predicted octanol–water partition coefficient (Wildman–Crippen LogP) is 2.16. The lowest BCUT2D eigenvalue weighted by atomic mass is 10.1. The molecular weight excluding hydrogens is 298 g/mol. The van der Waals surface area contributed by atoms with Crippen LogP contribution in [0.15, 0.2) is 46.9 Å². The van der Waals surface area contributed by atoms with Crippen LogP contribution in [0.2, 0.25) is 0 Å². The molecule has 0 aliphatic rings. The summed E-state index contributed by atoms with van der Waals surface area (Å²) in [7, 11) is 0. The largest absolute Gasteiger partial charge is 0.463 e. The maximum Gasteiger partial charge on any atom is 0.407 e. The van der Waals surface area contributed by atoms with Gasteiger partial charge >= 0.3 is 6.09 Å². The molecule has 2 rings (SSSR count). The minimum atomic E-state index is -1.20. The van der Waals surface area contributed by atoms with Crippen LogP contribution in [0.25, 0.3) is 0 Å². The van der Waals surface area contributed by atoms with Gasteiger partial charge in [0.25, 0.3) is 0 Å². The second-order valence-corrected chi connectivity index (χ2v) is 5.11. The molecule has 124 valence electrons. The van der Waals surface area contributed by atoms with E-state index in [4.69, 9.17) is 9.15 Å². The second kappa shape index (κ2) is 8.36. The average Bonchev–Trinajstić information content (AvgIpc) is 3.07. The van der Waals surface area contributed by atoms with E-state index < -0.39 is 18.3 Å². The first kappa shape index (κ1) is 17.1. The zero-order valence-electron chi connectivity index (χ0n) is 12.9. The third-order valence-corrected chi connectivity index (χ3v) is 3.36. The van der Waals surface area contributed by atoms with Crippen molar-refractivity contribution in [1.82, 2.24) is 5.32 Å². The van der Waals surface area contributed by atoms with Gasteiger partial charge in [-0.15, -0.1) is 0 Å². The van der Waals surface area contributed by atoms with E-state index in [0.29, 0.717) is 6.42 Å². The molecule has 2 aromatic rings. The number of hydrogen-bond acceptors (Lipinski definition) is 5. The third-order valence-electron chi connectivity index (χ3n) is 3.36. The topological polar surface area (TPSA) is 91.9 Å². The van der Waals surface area contributed by atoms with E-state index in [2.05, 4.69) is 5.32 Å². The number of nitrogens with one attached hydrogen (secondary N) is 1. The third kappa shape index (κ3) is 5.12. The lowest BCUT2D eigenvalue weighted by Crippen LogP contribution is -2.35. The number of carbonyl (C=O) groups is 1. The molecule has 1 amide bonds. The molecule has 0 radical (unpaired) electrons. The summed E-state index contributed by atoms with van der Waals surface area (Å²) < 4.78 is 10.4. The SMILES string of the molecule is CCc1ccc(C(O)C(O)CNC(=O)OCc2ccccc2)o1. The highest BCUT2D eigenvalue weighted by Crippen LogP contribution is 2.19. The molecule has 2 unspecified atom stereocenters. The molecule has 6 heteroatoms. The average molecular weight is 319 g/mol. The van der Waals surface area contributed by atoms with Crippen LogP contribution in [0.1, 0.15) is 30.1 Å². The predicted molar refractivity (Wildman–Crippen MR) is 83.7 cm³/mol. The molecule has 0 spiro atoms. The van der Waals surface area contributed by atoms with Gasteiger partial charge in [-0.05, 0) is 17.7 Å². The van der Waals surface area contributed by atoms with Crippen LogP contribution in [0.5, 0.6) is 0 Å². The quantitative estimate of drug-likeness (QED) is 0.727. The number of aliphatic hydroxyl groups excluding tert-OH is 2. The first-order chi connectivity index (χ1) is 11.1. The molecular formula is C17H21NO5. The molecule has 6 nitrogen and oxygen atoms in total. The lowest BCUT2D eigenvalue weighted by molar-refractivity contribution is 0.00543. The number of rotatable bonds is 7. The molecule has 0 aliphatic heterocycles. The smallest absolute Gasteiger partial charge is 0.407 e. The number of alkyl carbamates (subject to hydrolysis) is 1. The van der Waals surface area contributed by atoms with Crippen LogP contribution in [-0.4, -0.2) is 29.0 Å². The zero-order chi connectivity index (χ0) is 16.7. The van der Waals surface area contributed by atoms with E-state index in [9.17, 15) is 15.0 Å². The van der Waals surface area contributed by atoms with Crippen molar-refractivity contribution in [2.75, 3.05) is 6.54 Å². The molecule has 1 heterocycles. The Labute approximate surface area is 134 Å². The van der Waals surface area contributed by atoms with Gasteiger partial charge in [0.05, 0.1) is 0 Å². The van der Waals surface area contributed by atoms with Gasteiger partial charge in [0.1, 0.15) is 30.3 Å². The molecule has 0 fully saturated rings. The highest BCUT2D eigenvalue weighted by Gasteiger charge is 2.22. The van der Waals surface area contributed by atoms with Gasteiger partial charge in [-0.2, -0.15) is 0 Å². The van der Waals surface area contributed by atoms with Crippen molar-refractivity contribution in [3.05, 3.63) is 59.5 Å². The minimum absolute atomic E-state index is 0.142. The summed E-state index contributed by atoms with van der Waals surface area (Å²) in [5, 5.41) is 22.3. The highest BCUT2D eigenvalue weighted by molar-refractivity contribution is 5.67. The van der Waals surface area contributed by atoms with Gasteiger partial charge < -0.3 is 24.7 Å². The van der Waals surface area contributed by atoms with Crippen LogP contribution in [0, 0.1) is 0 Å². The normalized spacial score (nSPS) is 13.3. The number of carbonyl (C=O) groups excluding carboxylic acids is 1. The molecule has 1 aromatic carbocycles. The Morgan fingerprint density at radius 2 is 1.96 bits per heavy atom. The molecule has 3 N–H and O–H groups in total. The van der Waals surface area contributed by atoms with Crippen LogP contribution in [0.4, 0.5) is 4.79 Å². The van der Waals surface area contributed by atoms with Gasteiger partial charge in [-0.25, -0.2) is 4.79 Å². The molecule has 2 atom stereocenters. The fourth-order valence-corrected chi connectivity index (χ4v) is 2.01. The van der Waals surface area contributed by atoms with Gasteiger partial charge in [-0.3, -0.25) is 0 Å². The maximum atomic E-state index is 11.6. The number of hydrogen-bond donors (Lipinski definition) is 3. The van der Waals surface area contributed by atoms with Crippen molar-refractivity contribution in [3.8, 4) is 0 Å². The van der Waals surface area contributed by atoms with Crippen molar-refractivity contribution in [1.29, 1.82) is 0 Å². The summed E-state index contributed by atoms with van der Waals surface area (Å²) in [4.78, 5) is 11.6. The second-order valence-electron chi connectivity index (χ2n) is 5.11. The molecule has 0 aliphatic carbocycles. The number of aryl methyl sites for hydroxylation is 1. The van der Waals surface area contributed by atoms with E-state index >= 15 is 0 Å². The van der Waals surface area contributed by atoms with Crippen LogP contribution >= 0.6 is 0 Å². The summed E-state index contributed by atoms with van der Waals surface area (Å²) in [5.74, 6) is 0.996. The summed E-state index contributed by atoms with van der Waals surface area (Å²) >= 11 is 0. The molecule has 0 bridgehead atoms. The Kier molecular flexibility index (Phi) is 6.19. The van der Waals surface area contributed by atoms with Crippen molar-refractivity contribution in [2.24, 2.45) is 0 Å². The van der Waals surface area contributed by atoms with Crippen LogP contribution < -0.4 is 5.32 Å². The first-order valence-corrected chi connectivity index (χ1v) is 7.49. The van der Waals surface area contributed by atoms with E-state index in [0.717, 1.165) is 11.3 Å². The Balaban J connectivity index is 1.74. The fourth-order valence-electron chi connectivity index (χ4n) is 2.01. The summed E-state index contributed by atoms with van der Waals surface area (Å²) in [5.41, 5.74) is 0.867. The Hall–Kier alpha value is -2.31. The maximum absolute atomic E-state index is 11.6. The van der Waals surface area contributed by atoms with Crippen molar-refractivity contribution < 1.29 is 24.2 Å². The van der Waals surface area contributed by atoms with Crippen molar-refractivity contribution in [2.45, 2.75) is 32.2 Å². The number of benzene rings is 1. The van der Waals surface area contributed by atoms with E-state index in [1.165, 1.54) is 0 Å². The van der Waals surface area contributed by atoms with Crippen LogP contribution in [0.3, 0.4) is 0 Å². The minimum Gasteiger partial charge on any atom is -0.463 e. The Morgan fingerprint density at radius 3 is 2.61 bits per heavy atom. The van der Waals surface area contributed by atoms with Gasteiger partial charge in [-0.1, -0.05) is 37.3 Å². The molecule has 0 saturated heterocycles. The van der Waals surface area contributed by atoms with Crippen molar-refractivity contribution in [3.63, 3.8) is 0 Å². The highest BCUT2D eigenvalue weighted by atomic mass is 16.5. The lowest BCUT2D eigenvalue weighted by Gasteiger charge is -2.16. The monoisotopic (exact) mass is 319 g/mol. The summed E-state index contributed by atoms with van der Waals surface area (Å²) in [6.07, 6.45) is -2.35. The first-order valence-electron chi connectivity index (χ1n) is 7.49. The van der Waals surface area contributed by atoms with E-state index in [1.54, 1.807) is 12.1 Å². The Morgan fingerprint density at radius 1 is 1.22 bits per heavy atom. The summed E-state index contributed by atoms with van der Waals surface area (Å²) in [6.45, 7) is 1.93. The number of aliphatic hydroxyl groups is 2. The fraction of sp³-hybridized carbons (Fsp3) is 0.353. The Bertz CT molecular complexity index is 610. The zero-order valence-corrected chi connectivity index (χ0v) is 12.9. The standard InChI is InChI=1S/C17H21NO5/c1-2-13-8-9-15(23-13)16(20)14(19)10-18-17(21)22-11-12-6-4-3-5-7-12/h3-9,14,16,19-20H,2,10-11H2,1H3,(H,18,21). The number of ether oxygens (including phenoxy) is 1. The number of furan rings is 1. The van der Waals surface area contributed by atoms with Crippen LogP contribution in [-0.2, 0) is 17.8 Å². The molecule has 23 heavy (non-hydrogen) atoms. The molecule has 1 aromatic heterocycles.